The van der Waals surface area contributed by atoms with Crippen LogP contribution >= 0.6 is 28.3 Å². The first-order chi connectivity index (χ1) is 7.15. The number of aryl methyl sites for hydroxylation is 1. The van der Waals surface area contributed by atoms with Gasteiger partial charge in [0.15, 0.2) is 0 Å². The first-order valence-electron chi connectivity index (χ1n) is 5.38. The van der Waals surface area contributed by atoms with Gasteiger partial charge in [0.1, 0.15) is 0 Å². The Bertz CT molecular complexity index is 357. The minimum Gasteiger partial charge on any atom is -0.326 e. The van der Waals surface area contributed by atoms with Crippen molar-refractivity contribution in [3.8, 4) is 0 Å². The van der Waals surface area contributed by atoms with Crippen molar-refractivity contribution in [3.63, 3.8) is 0 Å². The molecule has 1 aromatic rings. The fourth-order valence-corrected chi connectivity index (χ4v) is 2.32. The van der Waals surface area contributed by atoms with E-state index in [0.29, 0.717) is 6.04 Å². The number of likely N-dealkylation sites (tertiary alicyclic amines) is 1. The van der Waals surface area contributed by atoms with Gasteiger partial charge in [0.2, 0.25) is 0 Å². The molecule has 2 N–H and O–H groups in total. The van der Waals surface area contributed by atoms with Crippen molar-refractivity contribution < 1.29 is 0 Å². The fraction of sp³-hybridized carbons (Fsp3) is 0.500. The van der Waals surface area contributed by atoms with E-state index in [2.05, 4.69) is 46.0 Å². The lowest BCUT2D eigenvalue weighted by molar-refractivity contribution is 0.327. The predicted octanol–water partition coefficient (Wildman–Crippen LogP) is 2.71. The molecular formula is C12H18BrClN2. The molecule has 16 heavy (non-hydrogen) atoms. The Kier molecular flexibility index (Phi) is 5.25. The van der Waals surface area contributed by atoms with Gasteiger partial charge in [0, 0.05) is 30.1 Å². The van der Waals surface area contributed by atoms with Crippen LogP contribution in [0, 0.1) is 6.92 Å². The van der Waals surface area contributed by atoms with Crippen molar-refractivity contribution in [1.82, 2.24) is 4.90 Å². The van der Waals surface area contributed by atoms with Crippen LogP contribution in [0.25, 0.3) is 0 Å². The SMILES string of the molecule is Cc1cc(CN2CC[C@H](N)C2)ccc1Br.Cl. The van der Waals surface area contributed by atoms with Crippen LogP contribution in [0.4, 0.5) is 0 Å². The Hall–Kier alpha value is -0.0900. The van der Waals surface area contributed by atoms with Gasteiger partial charge in [-0.25, -0.2) is 0 Å². The number of hydrogen-bond donors (Lipinski definition) is 1. The molecule has 1 heterocycles. The normalized spacial score (nSPS) is 20.8. The molecule has 2 rings (SSSR count). The molecule has 0 unspecified atom stereocenters. The summed E-state index contributed by atoms with van der Waals surface area (Å²) >= 11 is 3.52. The van der Waals surface area contributed by atoms with E-state index in [-0.39, 0.29) is 12.4 Å². The summed E-state index contributed by atoms with van der Waals surface area (Å²) in [5.41, 5.74) is 8.56. The Morgan fingerprint density at radius 3 is 2.81 bits per heavy atom. The van der Waals surface area contributed by atoms with E-state index >= 15 is 0 Å². The number of nitrogens with zero attached hydrogens (tertiary/aromatic N) is 1. The van der Waals surface area contributed by atoms with Crippen molar-refractivity contribution >= 4 is 28.3 Å². The highest BCUT2D eigenvalue weighted by molar-refractivity contribution is 9.10. The fourth-order valence-electron chi connectivity index (χ4n) is 2.07. The summed E-state index contributed by atoms with van der Waals surface area (Å²) in [4.78, 5) is 2.42. The molecule has 90 valence electrons. The van der Waals surface area contributed by atoms with E-state index in [4.69, 9.17) is 5.73 Å². The average molecular weight is 306 g/mol. The van der Waals surface area contributed by atoms with Crippen LogP contribution in [0.15, 0.2) is 22.7 Å². The maximum Gasteiger partial charge on any atom is 0.0234 e. The molecule has 1 aliphatic heterocycles. The summed E-state index contributed by atoms with van der Waals surface area (Å²) in [5.74, 6) is 0. The van der Waals surface area contributed by atoms with Crippen LogP contribution in [-0.2, 0) is 6.54 Å². The van der Waals surface area contributed by atoms with Crippen molar-refractivity contribution in [1.29, 1.82) is 0 Å². The number of halogens is 2. The van der Waals surface area contributed by atoms with Crippen LogP contribution in [0.1, 0.15) is 17.5 Å². The second-order valence-electron chi connectivity index (χ2n) is 4.37. The molecule has 0 saturated carbocycles. The van der Waals surface area contributed by atoms with Crippen molar-refractivity contribution in [2.24, 2.45) is 5.73 Å². The highest BCUT2D eigenvalue weighted by atomic mass is 79.9. The van der Waals surface area contributed by atoms with E-state index in [1.807, 2.05) is 0 Å². The van der Waals surface area contributed by atoms with E-state index in [9.17, 15) is 0 Å². The Balaban J connectivity index is 0.00000128. The average Bonchev–Trinajstić information content (AvgIpc) is 2.58. The zero-order chi connectivity index (χ0) is 10.8. The van der Waals surface area contributed by atoms with Crippen LogP contribution < -0.4 is 5.73 Å². The van der Waals surface area contributed by atoms with Gasteiger partial charge in [-0.3, -0.25) is 4.90 Å². The summed E-state index contributed by atoms with van der Waals surface area (Å²) in [6.07, 6.45) is 1.13. The van der Waals surface area contributed by atoms with Gasteiger partial charge >= 0.3 is 0 Å². The smallest absolute Gasteiger partial charge is 0.0234 e. The van der Waals surface area contributed by atoms with Gasteiger partial charge in [-0.2, -0.15) is 0 Å². The number of hydrogen-bond acceptors (Lipinski definition) is 2. The maximum atomic E-state index is 5.88. The third kappa shape index (κ3) is 3.45. The van der Waals surface area contributed by atoms with Crippen molar-refractivity contribution in [3.05, 3.63) is 33.8 Å². The lowest BCUT2D eigenvalue weighted by Gasteiger charge is -2.15. The van der Waals surface area contributed by atoms with Crippen molar-refractivity contribution in [2.75, 3.05) is 13.1 Å². The van der Waals surface area contributed by atoms with Gasteiger partial charge in [-0.05, 0) is 30.5 Å². The van der Waals surface area contributed by atoms with Gasteiger partial charge in [0.25, 0.3) is 0 Å². The second kappa shape index (κ2) is 6.01. The molecular weight excluding hydrogens is 288 g/mol. The molecule has 0 aromatic heterocycles. The van der Waals surface area contributed by atoms with Crippen molar-refractivity contribution in [2.45, 2.75) is 25.9 Å². The minimum atomic E-state index is 0. The Morgan fingerprint density at radius 1 is 1.50 bits per heavy atom. The predicted molar refractivity (Wildman–Crippen MR) is 74.0 cm³/mol. The van der Waals surface area contributed by atoms with Gasteiger partial charge < -0.3 is 5.73 Å². The maximum absolute atomic E-state index is 5.88. The summed E-state index contributed by atoms with van der Waals surface area (Å²) < 4.78 is 1.18. The quantitative estimate of drug-likeness (QED) is 0.910. The molecule has 1 saturated heterocycles. The first kappa shape index (κ1) is 14.0. The zero-order valence-electron chi connectivity index (χ0n) is 9.45. The van der Waals surface area contributed by atoms with E-state index in [0.717, 1.165) is 26.1 Å². The van der Waals surface area contributed by atoms with Gasteiger partial charge in [-0.1, -0.05) is 28.1 Å². The molecule has 1 fully saturated rings. The molecule has 0 bridgehead atoms. The highest BCUT2D eigenvalue weighted by Gasteiger charge is 2.18. The van der Waals surface area contributed by atoms with Crippen LogP contribution in [0.2, 0.25) is 0 Å². The molecule has 1 atom stereocenters. The van der Waals surface area contributed by atoms with Crippen LogP contribution in [-0.4, -0.2) is 24.0 Å². The lowest BCUT2D eigenvalue weighted by atomic mass is 10.1. The summed E-state index contributed by atoms with van der Waals surface area (Å²) in [5, 5.41) is 0. The molecule has 2 nitrogen and oxygen atoms in total. The molecule has 0 amide bonds. The lowest BCUT2D eigenvalue weighted by Crippen LogP contribution is -2.26. The first-order valence-corrected chi connectivity index (χ1v) is 6.17. The second-order valence-corrected chi connectivity index (χ2v) is 5.22. The van der Waals surface area contributed by atoms with Crippen LogP contribution in [0.5, 0.6) is 0 Å². The molecule has 4 heteroatoms. The zero-order valence-corrected chi connectivity index (χ0v) is 11.9. The molecule has 1 aliphatic rings. The van der Waals surface area contributed by atoms with Crippen LogP contribution in [0.3, 0.4) is 0 Å². The molecule has 1 aromatic carbocycles. The summed E-state index contributed by atoms with van der Waals surface area (Å²) in [6.45, 7) is 5.33. The summed E-state index contributed by atoms with van der Waals surface area (Å²) in [7, 11) is 0. The largest absolute Gasteiger partial charge is 0.326 e. The Morgan fingerprint density at radius 2 is 2.25 bits per heavy atom. The molecule has 0 spiro atoms. The Labute approximate surface area is 112 Å². The molecule has 0 aliphatic carbocycles. The number of rotatable bonds is 2. The van der Waals surface area contributed by atoms with Gasteiger partial charge in [-0.15, -0.1) is 12.4 Å². The minimum absolute atomic E-state index is 0. The van der Waals surface area contributed by atoms with Gasteiger partial charge in [0.05, 0.1) is 0 Å². The monoisotopic (exact) mass is 304 g/mol. The van der Waals surface area contributed by atoms with E-state index in [1.165, 1.54) is 15.6 Å². The van der Waals surface area contributed by atoms with E-state index in [1.54, 1.807) is 0 Å². The molecule has 0 radical (unpaired) electrons. The number of benzene rings is 1. The summed E-state index contributed by atoms with van der Waals surface area (Å²) in [6, 6.07) is 6.93. The topological polar surface area (TPSA) is 29.3 Å². The highest BCUT2D eigenvalue weighted by Crippen LogP contribution is 2.19. The third-order valence-corrected chi connectivity index (χ3v) is 3.83. The third-order valence-electron chi connectivity index (χ3n) is 2.94. The van der Waals surface area contributed by atoms with E-state index < -0.39 is 0 Å². The standard InChI is InChI=1S/C12H17BrN2.ClH/c1-9-6-10(2-3-12(9)13)7-15-5-4-11(14)8-15;/h2-3,6,11H,4-5,7-8,14H2,1H3;1H/t11-;/m0./s1. The number of nitrogens with two attached hydrogens (primary N) is 1.